The maximum atomic E-state index is 12.3. The summed E-state index contributed by atoms with van der Waals surface area (Å²) in [5, 5.41) is 4.39. The number of nitrogens with zero attached hydrogens (tertiary/aromatic N) is 2. The SMILES string of the molecule is COc1ccccc1C(=O)Cn1nc(C)c(C)c1C. The van der Waals surface area contributed by atoms with Crippen LogP contribution in [0, 0.1) is 20.8 Å². The van der Waals surface area contributed by atoms with E-state index in [1.807, 2.05) is 32.9 Å². The molecule has 0 aliphatic rings. The number of ether oxygens (including phenoxy) is 1. The fourth-order valence-corrected chi connectivity index (χ4v) is 2.04. The Bertz CT molecular complexity index is 615. The van der Waals surface area contributed by atoms with Gasteiger partial charge in [-0.3, -0.25) is 9.48 Å². The van der Waals surface area contributed by atoms with Gasteiger partial charge in [-0.1, -0.05) is 12.1 Å². The molecule has 0 saturated carbocycles. The largest absolute Gasteiger partial charge is 0.496 e. The maximum Gasteiger partial charge on any atom is 0.187 e. The second kappa shape index (κ2) is 5.26. The summed E-state index contributed by atoms with van der Waals surface area (Å²) in [4.78, 5) is 12.3. The van der Waals surface area contributed by atoms with Crippen LogP contribution in [-0.4, -0.2) is 22.7 Å². The van der Waals surface area contributed by atoms with Gasteiger partial charge in [-0.25, -0.2) is 0 Å². The van der Waals surface area contributed by atoms with Gasteiger partial charge in [0, 0.05) is 5.69 Å². The van der Waals surface area contributed by atoms with Gasteiger partial charge in [-0.15, -0.1) is 0 Å². The van der Waals surface area contributed by atoms with Crippen molar-refractivity contribution in [2.45, 2.75) is 27.3 Å². The van der Waals surface area contributed by atoms with Crippen molar-refractivity contribution in [1.29, 1.82) is 0 Å². The normalized spacial score (nSPS) is 10.5. The number of carbonyl (C=O) groups excluding carboxylic acids is 1. The van der Waals surface area contributed by atoms with Crippen molar-refractivity contribution in [3.05, 3.63) is 46.8 Å². The second-order valence-electron chi connectivity index (χ2n) is 4.58. The number of Topliss-reactive ketones (excluding diaryl/α,β-unsaturated/α-hetero) is 1. The number of aromatic nitrogens is 2. The van der Waals surface area contributed by atoms with Crippen molar-refractivity contribution in [3.63, 3.8) is 0 Å². The standard InChI is InChI=1S/C15H18N2O2/c1-10-11(2)16-17(12(10)3)9-14(18)13-7-5-6-8-15(13)19-4/h5-8H,9H2,1-4H3. The number of benzene rings is 1. The number of ketones is 1. The first-order chi connectivity index (χ1) is 9.04. The third kappa shape index (κ3) is 2.52. The lowest BCUT2D eigenvalue weighted by Gasteiger charge is -2.08. The highest BCUT2D eigenvalue weighted by molar-refractivity contribution is 5.98. The van der Waals surface area contributed by atoms with Crippen molar-refractivity contribution in [1.82, 2.24) is 9.78 Å². The van der Waals surface area contributed by atoms with Crippen molar-refractivity contribution in [3.8, 4) is 5.75 Å². The predicted octanol–water partition coefficient (Wildman–Crippen LogP) is 2.70. The number of para-hydroxylation sites is 1. The van der Waals surface area contributed by atoms with E-state index in [-0.39, 0.29) is 12.3 Å². The zero-order valence-electron chi connectivity index (χ0n) is 11.7. The summed E-state index contributed by atoms with van der Waals surface area (Å²) >= 11 is 0. The number of aryl methyl sites for hydroxylation is 1. The van der Waals surface area contributed by atoms with Crippen LogP contribution in [0.25, 0.3) is 0 Å². The molecular formula is C15H18N2O2. The van der Waals surface area contributed by atoms with Crippen LogP contribution in [0.4, 0.5) is 0 Å². The van der Waals surface area contributed by atoms with E-state index in [2.05, 4.69) is 5.10 Å². The third-order valence-electron chi connectivity index (χ3n) is 3.44. The molecule has 0 N–H and O–H groups in total. The maximum absolute atomic E-state index is 12.3. The Morgan fingerprint density at radius 2 is 1.95 bits per heavy atom. The van der Waals surface area contributed by atoms with E-state index in [1.165, 1.54) is 0 Å². The van der Waals surface area contributed by atoms with E-state index >= 15 is 0 Å². The number of hydrogen-bond donors (Lipinski definition) is 0. The Morgan fingerprint density at radius 3 is 2.53 bits per heavy atom. The minimum absolute atomic E-state index is 0.00282. The Balaban J connectivity index is 2.28. The van der Waals surface area contributed by atoms with Crippen LogP contribution in [-0.2, 0) is 6.54 Å². The molecule has 1 aromatic carbocycles. The van der Waals surface area contributed by atoms with Gasteiger partial charge >= 0.3 is 0 Å². The lowest BCUT2D eigenvalue weighted by Crippen LogP contribution is -2.14. The summed E-state index contributed by atoms with van der Waals surface area (Å²) in [6, 6.07) is 7.25. The van der Waals surface area contributed by atoms with E-state index in [4.69, 9.17) is 4.74 Å². The fraction of sp³-hybridized carbons (Fsp3) is 0.333. The second-order valence-corrected chi connectivity index (χ2v) is 4.58. The highest BCUT2D eigenvalue weighted by atomic mass is 16.5. The van der Waals surface area contributed by atoms with Crippen molar-refractivity contribution >= 4 is 5.78 Å². The molecule has 2 aromatic rings. The van der Waals surface area contributed by atoms with E-state index in [0.717, 1.165) is 17.0 Å². The molecule has 2 rings (SSSR count). The zero-order valence-corrected chi connectivity index (χ0v) is 11.7. The van der Waals surface area contributed by atoms with Gasteiger partial charge in [-0.2, -0.15) is 5.10 Å². The first-order valence-corrected chi connectivity index (χ1v) is 6.21. The molecule has 0 saturated heterocycles. The molecule has 0 amide bonds. The molecular weight excluding hydrogens is 240 g/mol. The smallest absolute Gasteiger partial charge is 0.187 e. The summed E-state index contributed by atoms with van der Waals surface area (Å²) in [5.41, 5.74) is 3.72. The van der Waals surface area contributed by atoms with Gasteiger partial charge in [-0.05, 0) is 38.5 Å². The molecule has 0 unspecified atom stereocenters. The first-order valence-electron chi connectivity index (χ1n) is 6.21. The Morgan fingerprint density at radius 1 is 1.26 bits per heavy atom. The monoisotopic (exact) mass is 258 g/mol. The molecule has 0 aliphatic carbocycles. The lowest BCUT2D eigenvalue weighted by molar-refractivity contribution is 0.0963. The average molecular weight is 258 g/mol. The molecule has 4 nitrogen and oxygen atoms in total. The highest BCUT2D eigenvalue weighted by Crippen LogP contribution is 2.19. The van der Waals surface area contributed by atoms with Crippen LogP contribution < -0.4 is 4.74 Å². The molecule has 1 aromatic heterocycles. The molecule has 19 heavy (non-hydrogen) atoms. The van der Waals surface area contributed by atoms with Crippen LogP contribution in [0.2, 0.25) is 0 Å². The van der Waals surface area contributed by atoms with Crippen LogP contribution in [0.15, 0.2) is 24.3 Å². The van der Waals surface area contributed by atoms with Crippen molar-refractivity contribution in [2.24, 2.45) is 0 Å². The van der Waals surface area contributed by atoms with Crippen LogP contribution in [0.5, 0.6) is 5.75 Å². The van der Waals surface area contributed by atoms with E-state index in [9.17, 15) is 4.79 Å². The summed E-state index contributed by atoms with van der Waals surface area (Å²) < 4.78 is 6.96. The summed E-state index contributed by atoms with van der Waals surface area (Å²) in [7, 11) is 1.57. The summed E-state index contributed by atoms with van der Waals surface area (Å²) in [5.74, 6) is 0.605. The van der Waals surface area contributed by atoms with Crippen LogP contribution >= 0.6 is 0 Å². The first kappa shape index (κ1) is 13.3. The quantitative estimate of drug-likeness (QED) is 0.792. The topological polar surface area (TPSA) is 44.1 Å². The molecule has 0 bridgehead atoms. The van der Waals surface area contributed by atoms with Gasteiger partial charge in [0.15, 0.2) is 5.78 Å². The fourth-order valence-electron chi connectivity index (χ4n) is 2.04. The number of hydrogen-bond acceptors (Lipinski definition) is 3. The van der Waals surface area contributed by atoms with Gasteiger partial charge < -0.3 is 4.74 Å². The molecule has 100 valence electrons. The van der Waals surface area contributed by atoms with E-state index < -0.39 is 0 Å². The highest BCUT2D eigenvalue weighted by Gasteiger charge is 2.15. The van der Waals surface area contributed by atoms with E-state index in [1.54, 1.807) is 23.9 Å². The van der Waals surface area contributed by atoms with E-state index in [0.29, 0.717) is 11.3 Å². The number of methoxy groups -OCH3 is 1. The number of carbonyl (C=O) groups is 1. The summed E-state index contributed by atoms with van der Waals surface area (Å²) in [6.07, 6.45) is 0. The average Bonchev–Trinajstić information content (AvgIpc) is 2.66. The van der Waals surface area contributed by atoms with Crippen molar-refractivity contribution in [2.75, 3.05) is 7.11 Å². The minimum atomic E-state index is 0.00282. The number of rotatable bonds is 4. The van der Waals surface area contributed by atoms with Gasteiger partial charge in [0.2, 0.25) is 0 Å². The zero-order chi connectivity index (χ0) is 14.0. The van der Waals surface area contributed by atoms with Crippen LogP contribution in [0.3, 0.4) is 0 Å². The molecule has 1 heterocycles. The Hall–Kier alpha value is -2.10. The van der Waals surface area contributed by atoms with Gasteiger partial charge in [0.05, 0.1) is 18.4 Å². The van der Waals surface area contributed by atoms with Gasteiger partial charge in [0.1, 0.15) is 12.3 Å². The Kier molecular flexibility index (Phi) is 3.69. The predicted molar refractivity (Wildman–Crippen MR) is 73.8 cm³/mol. The lowest BCUT2D eigenvalue weighted by atomic mass is 10.1. The Labute approximate surface area is 113 Å². The van der Waals surface area contributed by atoms with Crippen molar-refractivity contribution < 1.29 is 9.53 Å². The molecule has 0 spiro atoms. The minimum Gasteiger partial charge on any atom is -0.496 e. The third-order valence-corrected chi connectivity index (χ3v) is 3.44. The van der Waals surface area contributed by atoms with Gasteiger partial charge in [0.25, 0.3) is 0 Å². The summed E-state index contributed by atoms with van der Waals surface area (Å²) in [6.45, 7) is 6.18. The molecule has 0 aliphatic heterocycles. The molecule has 0 atom stereocenters. The molecule has 4 heteroatoms. The molecule has 0 fully saturated rings. The van der Waals surface area contributed by atoms with Crippen LogP contribution in [0.1, 0.15) is 27.3 Å². The molecule has 0 radical (unpaired) electrons.